The highest BCUT2D eigenvalue weighted by molar-refractivity contribution is 7.64. The van der Waals surface area contributed by atoms with Crippen LogP contribution in [0, 0.1) is 5.82 Å². The molecule has 33 heavy (non-hydrogen) atoms. The van der Waals surface area contributed by atoms with Crippen LogP contribution < -0.4 is 0 Å². The summed E-state index contributed by atoms with van der Waals surface area (Å²) in [5, 5.41) is 19.8. The van der Waals surface area contributed by atoms with Gasteiger partial charge in [-0.15, -0.1) is 0 Å². The lowest BCUT2D eigenvalue weighted by Gasteiger charge is -2.40. The molecule has 3 atom stereocenters. The van der Waals surface area contributed by atoms with Gasteiger partial charge in [-0.25, -0.2) is 4.39 Å². The van der Waals surface area contributed by atoms with Crippen LogP contribution in [-0.4, -0.2) is 34.4 Å². The van der Waals surface area contributed by atoms with Gasteiger partial charge < -0.3 is 14.7 Å². The van der Waals surface area contributed by atoms with E-state index in [0.717, 1.165) is 12.9 Å². The number of aliphatic hydroxyl groups excluding tert-OH is 1. The van der Waals surface area contributed by atoms with Crippen LogP contribution in [0.3, 0.4) is 0 Å². The minimum absolute atomic E-state index is 0.0652. The van der Waals surface area contributed by atoms with E-state index in [4.69, 9.17) is 9.51 Å². The monoisotopic (exact) mass is 471 g/mol. The van der Waals surface area contributed by atoms with Crippen LogP contribution in [0.1, 0.15) is 37.9 Å². The van der Waals surface area contributed by atoms with Gasteiger partial charge in [0.25, 0.3) is 0 Å². The maximum atomic E-state index is 14.0. The number of halogens is 1. The first-order valence-electron chi connectivity index (χ1n) is 10.4. The third kappa shape index (κ3) is 3.80. The fourth-order valence-corrected chi connectivity index (χ4v) is 6.41. The van der Waals surface area contributed by atoms with Gasteiger partial charge in [-0.3, -0.25) is 14.3 Å². The zero-order valence-corrected chi connectivity index (χ0v) is 19.8. The molecule has 1 aromatic heterocycles. The SMILES string of the molecule is C=CP(=O)(OC)C(C(=O)O)(c1c(C(C)C)nc2ccccc2c1-c1ccc(F)cc1)C(C)O. The van der Waals surface area contributed by atoms with Crippen molar-refractivity contribution < 1.29 is 28.5 Å². The first kappa shape index (κ1) is 24.8. The van der Waals surface area contributed by atoms with Gasteiger partial charge in [0.15, 0.2) is 5.16 Å². The molecule has 0 saturated heterocycles. The van der Waals surface area contributed by atoms with Crippen molar-refractivity contribution in [1.82, 2.24) is 4.98 Å². The van der Waals surface area contributed by atoms with Gasteiger partial charge >= 0.3 is 5.97 Å². The molecule has 0 aliphatic rings. The van der Waals surface area contributed by atoms with Crippen molar-refractivity contribution in [3.8, 4) is 11.1 Å². The standard InChI is InChI=1S/C25H27FNO5P/c1-6-33(31,32-5)25(16(4)28,24(29)30)22-21(17-11-13-18(26)14-12-17)19-9-7-8-10-20(19)27-23(22)15(2)3/h6-16,28H,1H2,2-5H3,(H,29,30). The highest BCUT2D eigenvalue weighted by atomic mass is 31.2. The zero-order chi connectivity index (χ0) is 24.6. The third-order valence-electron chi connectivity index (χ3n) is 5.92. The molecule has 6 nitrogen and oxygen atoms in total. The van der Waals surface area contributed by atoms with Crippen molar-refractivity contribution in [3.05, 3.63) is 78.0 Å². The van der Waals surface area contributed by atoms with Gasteiger partial charge in [0.2, 0.25) is 7.37 Å². The topological polar surface area (TPSA) is 96.7 Å². The van der Waals surface area contributed by atoms with Crippen LogP contribution in [0.5, 0.6) is 0 Å². The van der Waals surface area contributed by atoms with Gasteiger partial charge in [0, 0.05) is 23.8 Å². The molecule has 0 amide bonds. The number of nitrogens with zero attached hydrogens (tertiary/aromatic N) is 1. The van der Waals surface area contributed by atoms with Crippen LogP contribution in [0.25, 0.3) is 22.0 Å². The zero-order valence-electron chi connectivity index (χ0n) is 18.9. The molecule has 0 fully saturated rings. The van der Waals surface area contributed by atoms with Gasteiger partial charge in [-0.2, -0.15) is 0 Å². The predicted octanol–water partition coefficient (Wildman–Crippen LogP) is 5.89. The smallest absolute Gasteiger partial charge is 0.327 e. The minimum atomic E-state index is -4.26. The fourth-order valence-electron chi connectivity index (χ4n) is 4.36. The van der Waals surface area contributed by atoms with Crippen molar-refractivity contribution in [2.45, 2.75) is 37.9 Å². The minimum Gasteiger partial charge on any atom is -0.480 e. The summed E-state index contributed by atoms with van der Waals surface area (Å²) in [4.78, 5) is 17.8. The maximum absolute atomic E-state index is 14.0. The number of aromatic nitrogens is 1. The van der Waals surface area contributed by atoms with Gasteiger partial charge in [0.1, 0.15) is 5.82 Å². The number of rotatable bonds is 8. The summed E-state index contributed by atoms with van der Waals surface area (Å²) in [5.41, 5.74) is 1.88. The molecular formula is C25H27FNO5P. The summed E-state index contributed by atoms with van der Waals surface area (Å²) in [6.45, 7) is 8.50. The van der Waals surface area contributed by atoms with Gasteiger partial charge in [-0.1, -0.05) is 50.8 Å². The Labute approximate surface area is 192 Å². The van der Waals surface area contributed by atoms with Crippen LogP contribution in [-0.2, 0) is 19.0 Å². The number of hydrogen-bond donors (Lipinski definition) is 2. The summed E-state index contributed by atoms with van der Waals surface area (Å²) in [5.74, 6) is -1.35. The molecule has 8 heteroatoms. The van der Waals surface area contributed by atoms with E-state index in [1.807, 2.05) is 13.8 Å². The van der Waals surface area contributed by atoms with Crippen molar-refractivity contribution in [3.63, 3.8) is 0 Å². The lowest BCUT2D eigenvalue weighted by molar-refractivity contribution is -0.144. The van der Waals surface area contributed by atoms with Crippen LogP contribution in [0.2, 0.25) is 0 Å². The molecule has 0 spiro atoms. The lowest BCUT2D eigenvalue weighted by atomic mass is 9.81. The van der Waals surface area contributed by atoms with E-state index in [0.29, 0.717) is 27.7 Å². The Balaban J connectivity index is 2.72. The molecule has 2 aromatic carbocycles. The molecule has 0 radical (unpaired) electrons. The fraction of sp³-hybridized carbons (Fsp3) is 0.280. The highest BCUT2D eigenvalue weighted by Crippen LogP contribution is 2.68. The molecule has 2 N–H and O–H groups in total. The van der Waals surface area contributed by atoms with E-state index >= 15 is 0 Å². The van der Waals surface area contributed by atoms with Crippen molar-refractivity contribution >= 4 is 24.2 Å². The Hall–Kier alpha value is -2.86. The number of fused-ring (bicyclic) bond motifs is 1. The summed E-state index contributed by atoms with van der Waals surface area (Å²) in [6.07, 6.45) is -1.65. The molecule has 0 bridgehead atoms. The predicted molar refractivity (Wildman–Crippen MR) is 127 cm³/mol. The number of aliphatic hydroxyl groups is 1. The number of pyridine rings is 1. The van der Waals surface area contributed by atoms with E-state index in [-0.39, 0.29) is 11.5 Å². The number of aliphatic carboxylic acids is 1. The third-order valence-corrected chi connectivity index (χ3v) is 8.71. The average Bonchev–Trinajstić information content (AvgIpc) is 2.78. The second-order valence-electron chi connectivity index (χ2n) is 8.14. The summed E-state index contributed by atoms with van der Waals surface area (Å²) in [7, 11) is -3.13. The number of carboxylic acids is 1. The second kappa shape index (κ2) is 9.18. The van der Waals surface area contributed by atoms with Crippen LogP contribution >= 0.6 is 7.37 Å². The van der Waals surface area contributed by atoms with E-state index in [1.54, 1.807) is 24.3 Å². The molecular weight excluding hydrogens is 444 g/mol. The molecule has 0 aliphatic heterocycles. The molecule has 1 heterocycles. The quantitative estimate of drug-likeness (QED) is 0.398. The summed E-state index contributed by atoms with van der Waals surface area (Å²) in [6, 6.07) is 12.7. The maximum Gasteiger partial charge on any atom is 0.327 e. The van der Waals surface area contributed by atoms with E-state index in [1.165, 1.54) is 31.2 Å². The Bertz CT molecular complexity index is 1260. The number of hydrogen-bond acceptors (Lipinski definition) is 5. The van der Waals surface area contributed by atoms with Crippen molar-refractivity contribution in [2.24, 2.45) is 0 Å². The van der Waals surface area contributed by atoms with Gasteiger partial charge in [0.05, 0.1) is 11.6 Å². The molecule has 3 aromatic rings. The van der Waals surface area contributed by atoms with E-state index in [9.17, 15) is 24.0 Å². The number of carbonyl (C=O) groups is 1. The van der Waals surface area contributed by atoms with Crippen LogP contribution in [0.4, 0.5) is 4.39 Å². The number of benzene rings is 2. The normalized spacial score (nSPS) is 16.2. The Kier molecular flexibility index (Phi) is 6.89. The first-order chi connectivity index (χ1) is 15.5. The number of carboxylic acid groups (broad SMARTS) is 1. The summed E-state index contributed by atoms with van der Waals surface area (Å²) < 4.78 is 33.1. The highest BCUT2D eigenvalue weighted by Gasteiger charge is 2.61. The first-order valence-corrected chi connectivity index (χ1v) is 12.1. The largest absolute Gasteiger partial charge is 0.480 e. The molecule has 0 saturated carbocycles. The van der Waals surface area contributed by atoms with Gasteiger partial charge in [-0.05, 0) is 48.0 Å². The number of para-hydroxylation sites is 1. The Morgan fingerprint density at radius 3 is 2.27 bits per heavy atom. The van der Waals surface area contributed by atoms with Crippen molar-refractivity contribution in [1.29, 1.82) is 0 Å². The molecule has 174 valence electrons. The molecule has 3 rings (SSSR count). The average molecular weight is 471 g/mol. The lowest BCUT2D eigenvalue weighted by Crippen LogP contribution is -2.46. The van der Waals surface area contributed by atoms with Crippen LogP contribution in [0.15, 0.2) is 60.9 Å². The Morgan fingerprint density at radius 1 is 1.18 bits per heavy atom. The van der Waals surface area contributed by atoms with E-state index in [2.05, 4.69) is 6.58 Å². The Morgan fingerprint density at radius 2 is 1.79 bits per heavy atom. The molecule has 3 unspecified atom stereocenters. The van der Waals surface area contributed by atoms with Crippen molar-refractivity contribution in [2.75, 3.05) is 7.11 Å². The summed E-state index contributed by atoms with van der Waals surface area (Å²) >= 11 is 0. The van der Waals surface area contributed by atoms with E-state index < -0.39 is 30.4 Å². The second-order valence-corrected chi connectivity index (χ2v) is 10.8. The molecule has 0 aliphatic carbocycles.